The van der Waals surface area contributed by atoms with Gasteiger partial charge >= 0.3 is 30.2 Å². The summed E-state index contributed by atoms with van der Waals surface area (Å²) in [6.45, 7) is 4.05. The number of aromatic nitrogens is 1. The van der Waals surface area contributed by atoms with E-state index in [4.69, 9.17) is 14.2 Å². The fourth-order valence-electron chi connectivity index (χ4n) is 4.98. The van der Waals surface area contributed by atoms with Crippen LogP contribution in [0.15, 0.2) is 18.3 Å². The summed E-state index contributed by atoms with van der Waals surface area (Å²) in [6, 6.07) is -2.00. The fraction of sp³-hybridized carbons (Fsp3) is 0.630. The Morgan fingerprint density at radius 3 is 2.40 bits per heavy atom. The average Bonchev–Trinajstić information content (AvgIpc) is 2.93. The second kappa shape index (κ2) is 14.3. The van der Waals surface area contributed by atoms with Crippen molar-refractivity contribution in [3.05, 3.63) is 23.9 Å². The molecule has 0 radical (unpaired) electrons. The van der Waals surface area contributed by atoms with Crippen LogP contribution in [0.4, 0.5) is 28.6 Å². The zero-order chi connectivity index (χ0) is 31.0. The molecule has 42 heavy (non-hydrogen) atoms. The second-order valence-electron chi connectivity index (χ2n) is 10.4. The van der Waals surface area contributed by atoms with E-state index in [0.717, 1.165) is 6.42 Å². The smallest absolute Gasteiger partial charge is 0.415 e. The molecule has 15 heteroatoms. The SMILES string of the molecule is CCOC(=O)[C@@H]1[C@@H](Cc2ccnc(NC(=O)OCOC(=O)C(C)C)c2)C(=O)N1C(=O)NC(C1CCCCC1)C(F)(F)F. The van der Waals surface area contributed by atoms with Crippen molar-refractivity contribution in [3.63, 3.8) is 0 Å². The summed E-state index contributed by atoms with van der Waals surface area (Å²) in [6.07, 6.45) is -1.89. The van der Waals surface area contributed by atoms with Crippen LogP contribution in [-0.2, 0) is 35.0 Å². The Morgan fingerprint density at radius 2 is 1.79 bits per heavy atom. The molecule has 2 fully saturated rings. The first kappa shape index (κ1) is 32.6. The average molecular weight is 601 g/mol. The molecule has 3 rings (SSSR count). The van der Waals surface area contributed by atoms with Gasteiger partial charge in [-0.1, -0.05) is 33.1 Å². The maximum absolute atomic E-state index is 13.9. The number of anilines is 1. The lowest BCUT2D eigenvalue weighted by atomic mass is 9.82. The van der Waals surface area contributed by atoms with E-state index in [0.29, 0.717) is 23.3 Å². The summed E-state index contributed by atoms with van der Waals surface area (Å²) < 4.78 is 56.2. The van der Waals surface area contributed by atoms with Gasteiger partial charge in [0.25, 0.3) is 0 Å². The van der Waals surface area contributed by atoms with Gasteiger partial charge in [0.2, 0.25) is 12.7 Å². The Bertz CT molecular complexity index is 1160. The first-order chi connectivity index (χ1) is 19.8. The van der Waals surface area contributed by atoms with Crippen molar-refractivity contribution >= 4 is 35.8 Å². The number of hydrogen-bond acceptors (Lipinski definition) is 9. The van der Waals surface area contributed by atoms with Crippen LogP contribution in [0.5, 0.6) is 0 Å². The van der Waals surface area contributed by atoms with Gasteiger partial charge in [-0.25, -0.2) is 24.3 Å². The zero-order valence-corrected chi connectivity index (χ0v) is 23.6. The molecular weight excluding hydrogens is 565 g/mol. The molecule has 1 unspecified atom stereocenters. The summed E-state index contributed by atoms with van der Waals surface area (Å²) in [5.74, 6) is -4.65. The Hall–Kier alpha value is -3.91. The molecule has 2 N–H and O–H groups in total. The monoisotopic (exact) mass is 600 g/mol. The van der Waals surface area contributed by atoms with Crippen LogP contribution < -0.4 is 10.6 Å². The number of imide groups is 1. The van der Waals surface area contributed by atoms with Gasteiger partial charge in [-0.05, 0) is 49.8 Å². The van der Waals surface area contributed by atoms with Gasteiger partial charge in [0.1, 0.15) is 11.9 Å². The summed E-state index contributed by atoms with van der Waals surface area (Å²) in [5.41, 5.74) is 0.426. The van der Waals surface area contributed by atoms with Crippen molar-refractivity contribution in [2.75, 3.05) is 18.7 Å². The number of rotatable bonds is 10. The van der Waals surface area contributed by atoms with E-state index in [-0.39, 0.29) is 31.7 Å². The molecule has 1 aliphatic carbocycles. The van der Waals surface area contributed by atoms with Crippen LogP contribution in [0.25, 0.3) is 0 Å². The first-order valence-corrected chi connectivity index (χ1v) is 13.8. The van der Waals surface area contributed by atoms with Gasteiger partial charge in [0.15, 0.2) is 6.04 Å². The fourth-order valence-corrected chi connectivity index (χ4v) is 4.98. The van der Waals surface area contributed by atoms with Gasteiger partial charge in [0, 0.05) is 6.20 Å². The number of nitrogens with one attached hydrogen (secondary N) is 2. The lowest BCUT2D eigenvalue weighted by Crippen LogP contribution is -2.70. The molecule has 2 heterocycles. The molecule has 1 saturated heterocycles. The Kier molecular flexibility index (Phi) is 11.1. The zero-order valence-electron chi connectivity index (χ0n) is 23.6. The van der Waals surface area contributed by atoms with Crippen LogP contribution >= 0.6 is 0 Å². The summed E-state index contributed by atoms with van der Waals surface area (Å²) in [4.78, 5) is 66.7. The van der Waals surface area contributed by atoms with Gasteiger partial charge < -0.3 is 19.5 Å². The third-order valence-electron chi connectivity index (χ3n) is 7.09. The number of amides is 4. The predicted molar refractivity (Wildman–Crippen MR) is 140 cm³/mol. The van der Waals surface area contributed by atoms with Crippen molar-refractivity contribution in [2.24, 2.45) is 17.8 Å². The molecule has 0 bridgehead atoms. The number of β-lactam (4-membered cyclic amide) rings is 1. The maximum Gasteiger partial charge on any atom is 0.415 e. The van der Waals surface area contributed by atoms with Crippen LogP contribution in [0, 0.1) is 17.8 Å². The molecule has 2 aliphatic rings. The number of nitrogens with zero attached hydrogens (tertiary/aromatic N) is 2. The number of alkyl halides is 3. The van der Waals surface area contributed by atoms with E-state index in [1.165, 1.54) is 25.3 Å². The van der Waals surface area contributed by atoms with E-state index in [9.17, 15) is 37.1 Å². The Balaban J connectivity index is 1.68. The van der Waals surface area contributed by atoms with Crippen LogP contribution in [0.3, 0.4) is 0 Å². The molecule has 3 atom stereocenters. The predicted octanol–water partition coefficient (Wildman–Crippen LogP) is 3.94. The van der Waals surface area contributed by atoms with Crippen molar-refractivity contribution in [1.29, 1.82) is 0 Å². The van der Waals surface area contributed by atoms with Crippen molar-refractivity contribution in [1.82, 2.24) is 15.2 Å². The van der Waals surface area contributed by atoms with E-state index < -0.39 is 72.8 Å². The topological polar surface area (TPSA) is 153 Å². The summed E-state index contributed by atoms with van der Waals surface area (Å²) in [7, 11) is 0. The molecular formula is C27H35F3N4O8. The van der Waals surface area contributed by atoms with E-state index in [1.807, 2.05) is 5.32 Å². The highest BCUT2D eigenvalue weighted by Crippen LogP contribution is 2.36. The largest absolute Gasteiger partial charge is 0.464 e. The standard InChI is InChI=1S/C27H35F3N4O8/c1-4-40-24(37)20-18(12-16-10-11-31-19(13-16)32-26(39)42-14-41-23(36)15(2)3)22(35)34(20)25(38)33-21(27(28,29)30)17-8-6-5-7-9-17/h10-11,13,15,17-18,20-21H,4-9,12,14H2,1-3H3,(H,33,38)(H,31,32,39)/t18-,20+,21?/m1/s1. The minimum absolute atomic E-state index is 0.0160. The Labute approximate surface area is 240 Å². The summed E-state index contributed by atoms with van der Waals surface area (Å²) >= 11 is 0. The van der Waals surface area contributed by atoms with E-state index in [2.05, 4.69) is 10.3 Å². The third-order valence-corrected chi connectivity index (χ3v) is 7.09. The summed E-state index contributed by atoms with van der Waals surface area (Å²) in [5, 5.41) is 4.29. The number of esters is 2. The highest BCUT2D eigenvalue weighted by atomic mass is 19.4. The van der Waals surface area contributed by atoms with Crippen LogP contribution in [0.2, 0.25) is 0 Å². The highest BCUT2D eigenvalue weighted by Gasteiger charge is 2.57. The lowest BCUT2D eigenvalue weighted by molar-refractivity contribution is -0.174. The molecule has 1 aromatic heterocycles. The Morgan fingerprint density at radius 1 is 1.10 bits per heavy atom. The van der Waals surface area contributed by atoms with E-state index in [1.54, 1.807) is 13.8 Å². The normalized spacial score (nSPS) is 19.9. The van der Waals surface area contributed by atoms with Crippen molar-refractivity contribution < 1.29 is 51.4 Å². The second-order valence-corrected chi connectivity index (χ2v) is 10.4. The number of carbonyl (C=O) groups excluding carboxylic acids is 5. The molecule has 0 aromatic carbocycles. The molecule has 1 saturated carbocycles. The number of hydrogen-bond donors (Lipinski definition) is 2. The molecule has 4 amide bonds. The number of halogens is 3. The highest BCUT2D eigenvalue weighted by molar-refractivity contribution is 6.08. The lowest BCUT2D eigenvalue weighted by Gasteiger charge is -2.44. The van der Waals surface area contributed by atoms with Gasteiger partial charge in [-0.15, -0.1) is 0 Å². The van der Waals surface area contributed by atoms with E-state index >= 15 is 0 Å². The number of urea groups is 1. The van der Waals surface area contributed by atoms with Crippen LogP contribution in [0.1, 0.15) is 58.4 Å². The minimum Gasteiger partial charge on any atom is -0.464 e. The number of likely N-dealkylation sites (tertiary alicyclic amines) is 1. The van der Waals surface area contributed by atoms with Crippen molar-refractivity contribution in [2.45, 2.75) is 77.6 Å². The maximum atomic E-state index is 13.9. The van der Waals surface area contributed by atoms with Crippen molar-refractivity contribution in [3.8, 4) is 0 Å². The molecule has 1 aromatic rings. The molecule has 0 spiro atoms. The van der Waals surface area contributed by atoms with Gasteiger partial charge in [0.05, 0.1) is 18.4 Å². The molecule has 1 aliphatic heterocycles. The number of ether oxygens (including phenoxy) is 3. The molecule has 12 nitrogen and oxygen atoms in total. The quantitative estimate of drug-likeness (QED) is 0.231. The minimum atomic E-state index is -4.73. The third kappa shape index (κ3) is 8.32. The van der Waals surface area contributed by atoms with Gasteiger partial charge in [-0.3, -0.25) is 14.9 Å². The molecule has 232 valence electrons. The number of carbonyl (C=O) groups is 5. The van der Waals surface area contributed by atoms with Gasteiger partial charge in [-0.2, -0.15) is 13.2 Å². The van der Waals surface area contributed by atoms with Crippen LogP contribution in [-0.4, -0.2) is 71.5 Å². The first-order valence-electron chi connectivity index (χ1n) is 13.8. The number of pyridine rings is 1.